The molecule has 0 saturated carbocycles. The van der Waals surface area contributed by atoms with E-state index >= 15 is 0 Å². The van der Waals surface area contributed by atoms with Crippen molar-refractivity contribution in [2.45, 2.75) is 26.8 Å². The molecule has 2 nitrogen and oxygen atoms in total. The van der Waals surface area contributed by atoms with Gasteiger partial charge < -0.3 is 10.1 Å². The molecule has 2 aromatic rings. The number of aryl methyl sites for hydroxylation is 2. The Kier molecular flexibility index (Phi) is 4.97. The van der Waals surface area contributed by atoms with Gasteiger partial charge in [-0.05, 0) is 60.8 Å². The van der Waals surface area contributed by atoms with Crippen molar-refractivity contribution in [3.05, 3.63) is 64.5 Å². The topological polar surface area (TPSA) is 21.3 Å². The van der Waals surface area contributed by atoms with Crippen LogP contribution in [0.1, 0.15) is 35.2 Å². The Bertz CT molecular complexity index is 625. The summed E-state index contributed by atoms with van der Waals surface area (Å²) in [6.07, 6.45) is 0. The number of nitrogens with one attached hydrogen (secondary N) is 1. The average molecular weight is 287 g/mol. The van der Waals surface area contributed by atoms with Gasteiger partial charge in [-0.3, -0.25) is 0 Å². The molecule has 0 aromatic heterocycles. The first-order valence-electron chi connectivity index (χ1n) is 7.20. The van der Waals surface area contributed by atoms with Crippen molar-refractivity contribution >= 4 is 0 Å². The molecule has 1 N–H and O–H groups in total. The summed E-state index contributed by atoms with van der Waals surface area (Å²) >= 11 is 0. The Labute approximate surface area is 126 Å². The lowest BCUT2D eigenvalue weighted by Crippen LogP contribution is -2.23. The summed E-state index contributed by atoms with van der Waals surface area (Å²) in [5, 5.41) is 3.43. The van der Waals surface area contributed by atoms with Crippen LogP contribution >= 0.6 is 0 Å². The Hall–Kier alpha value is -1.87. The molecular weight excluding hydrogens is 265 g/mol. The SMILES string of the molecule is CCNC(c1ccc(C)c(OC)c1)c1cc(F)ccc1C. The first-order chi connectivity index (χ1) is 10.1. The third-order valence-electron chi connectivity index (χ3n) is 3.73. The maximum absolute atomic E-state index is 13.6. The lowest BCUT2D eigenvalue weighted by atomic mass is 9.94. The van der Waals surface area contributed by atoms with Crippen molar-refractivity contribution in [1.29, 1.82) is 0 Å². The van der Waals surface area contributed by atoms with Crippen LogP contribution in [0.4, 0.5) is 4.39 Å². The maximum Gasteiger partial charge on any atom is 0.123 e. The molecule has 1 atom stereocenters. The van der Waals surface area contributed by atoms with Gasteiger partial charge in [-0.2, -0.15) is 0 Å². The largest absolute Gasteiger partial charge is 0.496 e. The number of hydrogen-bond donors (Lipinski definition) is 1. The fourth-order valence-corrected chi connectivity index (χ4v) is 2.55. The first-order valence-corrected chi connectivity index (χ1v) is 7.20. The van der Waals surface area contributed by atoms with Crippen LogP contribution in [0.15, 0.2) is 36.4 Å². The molecule has 0 aliphatic carbocycles. The first kappa shape index (κ1) is 15.5. The van der Waals surface area contributed by atoms with E-state index in [0.29, 0.717) is 0 Å². The van der Waals surface area contributed by atoms with Gasteiger partial charge in [0.05, 0.1) is 13.2 Å². The van der Waals surface area contributed by atoms with Crippen LogP contribution < -0.4 is 10.1 Å². The van der Waals surface area contributed by atoms with Crippen molar-refractivity contribution in [2.24, 2.45) is 0 Å². The highest BCUT2D eigenvalue weighted by molar-refractivity contribution is 5.43. The molecule has 0 saturated heterocycles. The minimum absolute atomic E-state index is 0.0415. The van der Waals surface area contributed by atoms with Crippen LogP contribution in [0.2, 0.25) is 0 Å². The Morgan fingerprint density at radius 3 is 2.48 bits per heavy atom. The average Bonchev–Trinajstić information content (AvgIpc) is 2.48. The number of halogens is 1. The van der Waals surface area contributed by atoms with Crippen molar-refractivity contribution in [2.75, 3.05) is 13.7 Å². The lowest BCUT2D eigenvalue weighted by Gasteiger charge is -2.22. The van der Waals surface area contributed by atoms with Crippen LogP contribution in [0.5, 0.6) is 5.75 Å². The Balaban J connectivity index is 2.50. The summed E-state index contributed by atoms with van der Waals surface area (Å²) in [5.41, 5.74) is 4.20. The number of benzene rings is 2. The van der Waals surface area contributed by atoms with Gasteiger partial charge in [-0.1, -0.05) is 25.1 Å². The van der Waals surface area contributed by atoms with Gasteiger partial charge in [0.15, 0.2) is 0 Å². The van der Waals surface area contributed by atoms with Gasteiger partial charge in [0.1, 0.15) is 11.6 Å². The third kappa shape index (κ3) is 3.42. The molecule has 0 fully saturated rings. The molecule has 21 heavy (non-hydrogen) atoms. The van der Waals surface area contributed by atoms with E-state index in [1.165, 1.54) is 6.07 Å². The normalized spacial score (nSPS) is 12.2. The van der Waals surface area contributed by atoms with Gasteiger partial charge in [-0.25, -0.2) is 4.39 Å². The van der Waals surface area contributed by atoms with E-state index in [1.807, 2.05) is 39.0 Å². The molecule has 1 unspecified atom stereocenters. The molecule has 0 aliphatic heterocycles. The quantitative estimate of drug-likeness (QED) is 0.892. The molecular formula is C18H22FNO. The predicted molar refractivity (Wildman–Crippen MR) is 84.4 cm³/mol. The van der Waals surface area contributed by atoms with Crippen LogP contribution in [0.25, 0.3) is 0 Å². The smallest absolute Gasteiger partial charge is 0.123 e. The van der Waals surface area contributed by atoms with Gasteiger partial charge >= 0.3 is 0 Å². The molecule has 0 heterocycles. The second-order valence-electron chi connectivity index (χ2n) is 5.22. The fourth-order valence-electron chi connectivity index (χ4n) is 2.55. The highest BCUT2D eigenvalue weighted by Crippen LogP contribution is 2.29. The third-order valence-corrected chi connectivity index (χ3v) is 3.73. The maximum atomic E-state index is 13.6. The Morgan fingerprint density at radius 2 is 1.81 bits per heavy atom. The molecule has 112 valence electrons. The molecule has 3 heteroatoms. The summed E-state index contributed by atoms with van der Waals surface area (Å²) in [4.78, 5) is 0. The monoisotopic (exact) mass is 287 g/mol. The highest BCUT2D eigenvalue weighted by atomic mass is 19.1. The van der Waals surface area contributed by atoms with Crippen LogP contribution in [-0.4, -0.2) is 13.7 Å². The number of methoxy groups -OCH3 is 1. The van der Waals surface area contributed by atoms with Crippen molar-refractivity contribution in [3.63, 3.8) is 0 Å². The fraction of sp³-hybridized carbons (Fsp3) is 0.333. The van der Waals surface area contributed by atoms with Crippen molar-refractivity contribution in [3.8, 4) is 5.75 Å². The summed E-state index contributed by atoms with van der Waals surface area (Å²) in [6.45, 7) is 6.87. The zero-order chi connectivity index (χ0) is 15.4. The lowest BCUT2D eigenvalue weighted by molar-refractivity contribution is 0.410. The molecule has 0 aliphatic rings. The minimum atomic E-state index is -0.211. The molecule has 2 aromatic carbocycles. The highest BCUT2D eigenvalue weighted by Gasteiger charge is 2.17. The molecule has 0 amide bonds. The van der Waals surface area contributed by atoms with Crippen LogP contribution in [0.3, 0.4) is 0 Å². The zero-order valence-electron chi connectivity index (χ0n) is 13.0. The van der Waals surface area contributed by atoms with Crippen molar-refractivity contribution < 1.29 is 9.13 Å². The van der Waals surface area contributed by atoms with Crippen LogP contribution in [-0.2, 0) is 0 Å². The molecule has 0 radical (unpaired) electrons. The van der Waals surface area contributed by atoms with E-state index in [2.05, 4.69) is 11.4 Å². The zero-order valence-corrected chi connectivity index (χ0v) is 13.0. The second-order valence-corrected chi connectivity index (χ2v) is 5.22. The summed E-state index contributed by atoms with van der Waals surface area (Å²) in [7, 11) is 1.67. The summed E-state index contributed by atoms with van der Waals surface area (Å²) in [6, 6.07) is 11.0. The molecule has 0 spiro atoms. The summed E-state index contributed by atoms with van der Waals surface area (Å²) < 4.78 is 19.0. The number of ether oxygens (including phenoxy) is 1. The predicted octanol–water partition coefficient (Wildman–Crippen LogP) is 4.15. The minimum Gasteiger partial charge on any atom is -0.496 e. The Morgan fingerprint density at radius 1 is 1.10 bits per heavy atom. The van der Waals surface area contributed by atoms with E-state index < -0.39 is 0 Å². The standard InChI is InChI=1S/C18H22FNO/c1-5-20-18(16-11-15(19)9-7-12(16)2)14-8-6-13(3)17(10-14)21-4/h6-11,18,20H,5H2,1-4H3. The number of rotatable bonds is 5. The van der Waals surface area contributed by atoms with Gasteiger partial charge in [-0.15, -0.1) is 0 Å². The van der Waals surface area contributed by atoms with Gasteiger partial charge in [0.2, 0.25) is 0 Å². The van der Waals surface area contributed by atoms with E-state index in [0.717, 1.165) is 34.5 Å². The van der Waals surface area contributed by atoms with E-state index in [1.54, 1.807) is 13.2 Å². The molecule has 2 rings (SSSR count). The van der Waals surface area contributed by atoms with E-state index in [9.17, 15) is 4.39 Å². The summed E-state index contributed by atoms with van der Waals surface area (Å²) in [5.74, 6) is 0.641. The van der Waals surface area contributed by atoms with Crippen LogP contribution in [0, 0.1) is 19.7 Å². The van der Waals surface area contributed by atoms with E-state index in [4.69, 9.17) is 4.74 Å². The second kappa shape index (κ2) is 6.72. The molecule has 0 bridgehead atoms. The van der Waals surface area contributed by atoms with Gasteiger partial charge in [0, 0.05) is 0 Å². The number of hydrogen-bond acceptors (Lipinski definition) is 2. The van der Waals surface area contributed by atoms with Crippen molar-refractivity contribution in [1.82, 2.24) is 5.32 Å². The van der Waals surface area contributed by atoms with E-state index in [-0.39, 0.29) is 11.9 Å². The van der Waals surface area contributed by atoms with Gasteiger partial charge in [0.25, 0.3) is 0 Å².